The number of rotatable bonds is 3. The Bertz CT molecular complexity index is 408. The Hall–Kier alpha value is -0.940. The average molecular weight is 233 g/mol. The molecule has 2 atom stereocenters. The highest BCUT2D eigenvalue weighted by molar-refractivity contribution is 5.35. The van der Waals surface area contributed by atoms with Gasteiger partial charge in [0.05, 0.1) is 19.3 Å². The van der Waals surface area contributed by atoms with E-state index in [2.05, 4.69) is 34.4 Å². The summed E-state index contributed by atoms with van der Waals surface area (Å²) in [5.74, 6) is 0.598. The number of hydrazine groups is 1. The molecule has 0 spiro atoms. The summed E-state index contributed by atoms with van der Waals surface area (Å²) in [5, 5.41) is 3.26. The highest BCUT2D eigenvalue weighted by Gasteiger charge is 2.28. The average Bonchev–Trinajstić information content (AvgIpc) is 2.96. The molecule has 0 saturated carbocycles. The predicted molar refractivity (Wildman–Crippen MR) is 66.2 cm³/mol. The van der Waals surface area contributed by atoms with Crippen LogP contribution < -0.4 is 16.2 Å². The zero-order valence-electron chi connectivity index (χ0n) is 10.1. The Balaban J connectivity index is 1.83. The number of fused-ring (bicyclic) bond motifs is 1. The molecule has 2 heterocycles. The molecule has 1 fully saturated rings. The maximum atomic E-state index is 5.46. The standard InChI is InChI=1S/C13H19N3O/c1-14-5-12-6-15-16-13(12)9-2-3-10-7-17-8-11(10)4-9/h2-4,12-16H,5-8H2,1H3. The Morgan fingerprint density at radius 3 is 3.12 bits per heavy atom. The van der Waals surface area contributed by atoms with E-state index in [1.807, 2.05) is 7.05 Å². The first kappa shape index (κ1) is 11.2. The number of benzene rings is 1. The van der Waals surface area contributed by atoms with Gasteiger partial charge in [0.25, 0.3) is 0 Å². The summed E-state index contributed by atoms with van der Waals surface area (Å²) in [6, 6.07) is 7.11. The van der Waals surface area contributed by atoms with Crippen molar-refractivity contribution in [2.45, 2.75) is 19.3 Å². The van der Waals surface area contributed by atoms with E-state index in [9.17, 15) is 0 Å². The van der Waals surface area contributed by atoms with Crippen LogP contribution in [0.5, 0.6) is 0 Å². The summed E-state index contributed by atoms with van der Waals surface area (Å²) in [5.41, 5.74) is 10.7. The molecule has 3 rings (SSSR count). The van der Waals surface area contributed by atoms with Crippen LogP contribution >= 0.6 is 0 Å². The lowest BCUT2D eigenvalue weighted by atomic mass is 9.93. The van der Waals surface area contributed by atoms with Crippen LogP contribution in [0, 0.1) is 5.92 Å². The molecule has 3 N–H and O–H groups in total. The van der Waals surface area contributed by atoms with Crippen LogP contribution in [0.25, 0.3) is 0 Å². The van der Waals surface area contributed by atoms with Crippen molar-refractivity contribution in [2.24, 2.45) is 5.92 Å². The van der Waals surface area contributed by atoms with Gasteiger partial charge >= 0.3 is 0 Å². The van der Waals surface area contributed by atoms with Crippen LogP contribution in [0.1, 0.15) is 22.7 Å². The molecule has 1 aromatic rings. The molecule has 0 aromatic heterocycles. The van der Waals surface area contributed by atoms with E-state index in [-0.39, 0.29) is 0 Å². The molecule has 0 bridgehead atoms. The summed E-state index contributed by atoms with van der Waals surface area (Å²) in [7, 11) is 2.01. The summed E-state index contributed by atoms with van der Waals surface area (Å²) < 4.78 is 5.46. The number of ether oxygens (including phenoxy) is 1. The molecule has 0 amide bonds. The van der Waals surface area contributed by atoms with Gasteiger partial charge in [0.15, 0.2) is 0 Å². The van der Waals surface area contributed by atoms with Gasteiger partial charge in [-0.2, -0.15) is 0 Å². The highest BCUT2D eigenvalue weighted by Crippen LogP contribution is 2.28. The molecular weight excluding hydrogens is 214 g/mol. The molecule has 2 aliphatic rings. The molecule has 1 aromatic carbocycles. The van der Waals surface area contributed by atoms with Gasteiger partial charge in [-0.05, 0) is 23.7 Å². The van der Waals surface area contributed by atoms with E-state index in [0.717, 1.165) is 26.3 Å². The molecule has 92 valence electrons. The van der Waals surface area contributed by atoms with Crippen molar-refractivity contribution in [3.8, 4) is 0 Å². The minimum atomic E-state index is 0.397. The highest BCUT2D eigenvalue weighted by atomic mass is 16.5. The quantitative estimate of drug-likeness (QED) is 0.719. The van der Waals surface area contributed by atoms with Gasteiger partial charge in [0.1, 0.15) is 0 Å². The van der Waals surface area contributed by atoms with Crippen molar-refractivity contribution in [3.05, 3.63) is 34.9 Å². The first-order valence-corrected chi connectivity index (χ1v) is 6.21. The van der Waals surface area contributed by atoms with Crippen molar-refractivity contribution >= 4 is 0 Å². The Morgan fingerprint density at radius 2 is 2.24 bits per heavy atom. The molecule has 4 nitrogen and oxygen atoms in total. The van der Waals surface area contributed by atoms with Gasteiger partial charge in [-0.25, -0.2) is 5.43 Å². The van der Waals surface area contributed by atoms with Gasteiger partial charge in [-0.3, -0.25) is 5.43 Å². The van der Waals surface area contributed by atoms with Gasteiger partial charge < -0.3 is 10.1 Å². The molecule has 0 radical (unpaired) electrons. The summed E-state index contributed by atoms with van der Waals surface area (Å²) >= 11 is 0. The first-order chi connectivity index (χ1) is 8.38. The fraction of sp³-hybridized carbons (Fsp3) is 0.538. The maximum Gasteiger partial charge on any atom is 0.0725 e. The lowest BCUT2D eigenvalue weighted by molar-refractivity contribution is 0.134. The summed E-state index contributed by atoms with van der Waals surface area (Å²) in [6.07, 6.45) is 0. The topological polar surface area (TPSA) is 45.3 Å². The van der Waals surface area contributed by atoms with E-state index < -0.39 is 0 Å². The molecular formula is C13H19N3O. The van der Waals surface area contributed by atoms with Crippen molar-refractivity contribution < 1.29 is 4.74 Å². The van der Waals surface area contributed by atoms with Crippen LogP contribution in [-0.4, -0.2) is 20.1 Å². The smallest absolute Gasteiger partial charge is 0.0725 e. The molecule has 17 heavy (non-hydrogen) atoms. The van der Waals surface area contributed by atoms with Crippen LogP contribution in [0.4, 0.5) is 0 Å². The second-order valence-electron chi connectivity index (χ2n) is 4.84. The minimum Gasteiger partial charge on any atom is -0.372 e. The predicted octanol–water partition coefficient (Wildman–Crippen LogP) is 0.701. The monoisotopic (exact) mass is 233 g/mol. The normalized spacial score (nSPS) is 27.4. The molecule has 2 aliphatic heterocycles. The SMILES string of the molecule is CNCC1CNNC1c1ccc2c(c1)COC2. The van der Waals surface area contributed by atoms with Crippen molar-refractivity contribution in [2.75, 3.05) is 20.1 Å². The number of nitrogens with one attached hydrogen (secondary N) is 3. The van der Waals surface area contributed by atoms with Crippen molar-refractivity contribution in [3.63, 3.8) is 0 Å². The lowest BCUT2D eigenvalue weighted by Gasteiger charge is -2.19. The van der Waals surface area contributed by atoms with E-state index in [1.54, 1.807) is 0 Å². The van der Waals surface area contributed by atoms with Crippen molar-refractivity contribution in [1.29, 1.82) is 0 Å². The molecule has 4 heteroatoms. The van der Waals surface area contributed by atoms with E-state index in [4.69, 9.17) is 4.74 Å². The molecule has 2 unspecified atom stereocenters. The Morgan fingerprint density at radius 1 is 1.35 bits per heavy atom. The lowest BCUT2D eigenvalue weighted by Crippen LogP contribution is -2.27. The van der Waals surface area contributed by atoms with Crippen LogP contribution in [0.15, 0.2) is 18.2 Å². The third-order valence-electron chi connectivity index (χ3n) is 3.66. The third-order valence-corrected chi connectivity index (χ3v) is 3.66. The van der Waals surface area contributed by atoms with Crippen molar-refractivity contribution in [1.82, 2.24) is 16.2 Å². The van der Waals surface area contributed by atoms with Crippen LogP contribution in [-0.2, 0) is 18.0 Å². The zero-order valence-corrected chi connectivity index (χ0v) is 10.1. The molecule has 1 saturated heterocycles. The fourth-order valence-corrected chi connectivity index (χ4v) is 2.73. The van der Waals surface area contributed by atoms with E-state index in [1.165, 1.54) is 16.7 Å². The van der Waals surface area contributed by atoms with Gasteiger partial charge in [-0.15, -0.1) is 0 Å². The van der Waals surface area contributed by atoms with E-state index in [0.29, 0.717) is 12.0 Å². The Labute approximate surface area is 102 Å². The number of hydrogen-bond acceptors (Lipinski definition) is 4. The second kappa shape index (κ2) is 4.74. The second-order valence-corrected chi connectivity index (χ2v) is 4.84. The zero-order chi connectivity index (χ0) is 11.7. The third kappa shape index (κ3) is 2.09. The first-order valence-electron chi connectivity index (χ1n) is 6.21. The maximum absolute atomic E-state index is 5.46. The Kier molecular flexibility index (Phi) is 3.11. The minimum absolute atomic E-state index is 0.397. The fourth-order valence-electron chi connectivity index (χ4n) is 2.73. The van der Waals surface area contributed by atoms with Crippen LogP contribution in [0.2, 0.25) is 0 Å². The largest absolute Gasteiger partial charge is 0.372 e. The molecule has 0 aliphatic carbocycles. The van der Waals surface area contributed by atoms with Gasteiger partial charge in [0, 0.05) is 19.0 Å². The van der Waals surface area contributed by atoms with Gasteiger partial charge in [0.2, 0.25) is 0 Å². The van der Waals surface area contributed by atoms with Gasteiger partial charge in [-0.1, -0.05) is 18.2 Å². The summed E-state index contributed by atoms with van der Waals surface area (Å²) in [4.78, 5) is 0. The van der Waals surface area contributed by atoms with E-state index >= 15 is 0 Å². The number of hydrogen-bond donors (Lipinski definition) is 3. The van der Waals surface area contributed by atoms with Crippen LogP contribution in [0.3, 0.4) is 0 Å². The summed E-state index contributed by atoms with van der Waals surface area (Å²) in [6.45, 7) is 3.57.